The van der Waals surface area contributed by atoms with Crippen molar-refractivity contribution in [2.45, 2.75) is 18.3 Å². The average molecular weight is 377 g/mol. The summed E-state index contributed by atoms with van der Waals surface area (Å²) in [4.78, 5) is 29.9. The van der Waals surface area contributed by atoms with E-state index in [0.29, 0.717) is 13.1 Å². The molecular weight excluding hydrogens is 354 g/mol. The first kappa shape index (κ1) is 18.0. The number of piperidine rings is 1. The minimum atomic E-state index is -0.686. The third-order valence-corrected chi connectivity index (χ3v) is 5.56. The Hall–Kier alpha value is -3.35. The maximum absolute atomic E-state index is 12.4. The van der Waals surface area contributed by atoms with Crippen LogP contribution in [0.25, 0.3) is 5.65 Å². The molecule has 7 nitrogen and oxygen atoms in total. The zero-order chi connectivity index (χ0) is 19.6. The van der Waals surface area contributed by atoms with Crippen molar-refractivity contribution in [2.24, 2.45) is 5.73 Å². The van der Waals surface area contributed by atoms with Crippen molar-refractivity contribution < 1.29 is 9.59 Å². The Morgan fingerprint density at radius 3 is 2.46 bits per heavy atom. The van der Waals surface area contributed by atoms with Crippen LogP contribution < -0.4 is 11.1 Å². The normalized spacial score (nSPS) is 16.1. The van der Waals surface area contributed by atoms with Gasteiger partial charge in [0.1, 0.15) is 5.65 Å². The number of amides is 3. The van der Waals surface area contributed by atoms with Crippen LogP contribution in [0.2, 0.25) is 0 Å². The first-order valence-corrected chi connectivity index (χ1v) is 9.39. The van der Waals surface area contributed by atoms with Crippen LogP contribution in [0.5, 0.6) is 0 Å². The van der Waals surface area contributed by atoms with Gasteiger partial charge in [0.2, 0.25) is 5.91 Å². The maximum Gasteiger partial charge on any atom is 0.312 e. The summed E-state index contributed by atoms with van der Waals surface area (Å²) < 4.78 is 2.04. The van der Waals surface area contributed by atoms with Crippen molar-refractivity contribution in [2.75, 3.05) is 19.6 Å². The topological polar surface area (TPSA) is 92.7 Å². The van der Waals surface area contributed by atoms with Crippen LogP contribution in [0.1, 0.15) is 24.1 Å². The molecule has 0 radical (unpaired) electrons. The van der Waals surface area contributed by atoms with Crippen molar-refractivity contribution in [3.8, 4) is 0 Å². The molecule has 3 N–H and O–H groups in total. The molecule has 1 saturated heterocycles. The van der Waals surface area contributed by atoms with Gasteiger partial charge in [-0.3, -0.25) is 4.79 Å². The number of carbonyl (C=O) groups excluding carboxylic acids is 2. The third-order valence-electron chi connectivity index (χ3n) is 5.56. The predicted octanol–water partition coefficient (Wildman–Crippen LogP) is 1.91. The molecule has 0 aliphatic carbocycles. The van der Waals surface area contributed by atoms with Crippen molar-refractivity contribution >= 4 is 17.6 Å². The Morgan fingerprint density at radius 2 is 1.79 bits per heavy atom. The monoisotopic (exact) mass is 377 g/mol. The average Bonchev–Trinajstić information content (AvgIpc) is 3.17. The molecule has 0 spiro atoms. The summed E-state index contributed by atoms with van der Waals surface area (Å²) in [6, 6.07) is 15.6. The number of aromatic nitrogens is 2. The minimum absolute atomic E-state index is 0.0674. The molecule has 1 aliphatic rings. The van der Waals surface area contributed by atoms with E-state index >= 15 is 0 Å². The van der Waals surface area contributed by atoms with Crippen molar-refractivity contribution in [3.05, 3.63) is 72.2 Å². The molecule has 0 bridgehead atoms. The van der Waals surface area contributed by atoms with E-state index in [1.54, 1.807) is 4.90 Å². The van der Waals surface area contributed by atoms with Crippen LogP contribution >= 0.6 is 0 Å². The van der Waals surface area contributed by atoms with Crippen molar-refractivity contribution in [3.63, 3.8) is 0 Å². The summed E-state index contributed by atoms with van der Waals surface area (Å²) in [5.41, 5.74) is 7.97. The number of hydrogen-bond donors (Lipinski definition) is 2. The summed E-state index contributed by atoms with van der Waals surface area (Å²) in [6.07, 6.45) is 5.62. The number of fused-ring (bicyclic) bond motifs is 1. The fourth-order valence-electron chi connectivity index (χ4n) is 4.03. The molecule has 7 heteroatoms. The van der Waals surface area contributed by atoms with Gasteiger partial charge in [0.15, 0.2) is 0 Å². The van der Waals surface area contributed by atoms with Crippen LogP contribution in [-0.2, 0) is 10.2 Å². The second-order valence-corrected chi connectivity index (χ2v) is 7.14. The number of nitrogens with two attached hydrogens (primary N) is 1. The zero-order valence-electron chi connectivity index (χ0n) is 15.5. The van der Waals surface area contributed by atoms with Gasteiger partial charge >= 0.3 is 6.03 Å². The van der Waals surface area contributed by atoms with Gasteiger partial charge in [-0.25, -0.2) is 9.78 Å². The quantitative estimate of drug-likeness (QED) is 0.727. The first-order chi connectivity index (χ1) is 13.6. The zero-order valence-corrected chi connectivity index (χ0v) is 15.5. The Morgan fingerprint density at radius 1 is 1.07 bits per heavy atom. The highest BCUT2D eigenvalue weighted by Crippen LogP contribution is 2.41. The number of likely N-dealkylation sites (tertiary alicyclic amines) is 1. The summed E-state index contributed by atoms with van der Waals surface area (Å²) in [5.74, 6) is -0.115. The number of pyridine rings is 1. The molecule has 0 unspecified atom stereocenters. The second kappa shape index (κ2) is 7.34. The SMILES string of the molecule is NC(=O)NCC(=O)N1CCC(c2ccccc2)(c2cn3ccccc3n2)CC1. The lowest BCUT2D eigenvalue weighted by Crippen LogP contribution is -2.49. The van der Waals surface area contributed by atoms with Crippen molar-refractivity contribution in [1.29, 1.82) is 0 Å². The smallest absolute Gasteiger partial charge is 0.312 e. The number of carbonyl (C=O) groups is 2. The Labute approximate surface area is 163 Å². The van der Waals surface area contributed by atoms with E-state index in [-0.39, 0.29) is 17.9 Å². The van der Waals surface area contributed by atoms with E-state index in [1.165, 1.54) is 5.56 Å². The molecule has 1 fully saturated rings. The van der Waals surface area contributed by atoms with Crippen molar-refractivity contribution in [1.82, 2.24) is 19.6 Å². The van der Waals surface area contributed by atoms with Gasteiger partial charge in [0, 0.05) is 30.9 Å². The van der Waals surface area contributed by atoms with E-state index in [2.05, 4.69) is 23.6 Å². The van der Waals surface area contributed by atoms with Gasteiger partial charge in [-0.2, -0.15) is 0 Å². The number of urea groups is 1. The second-order valence-electron chi connectivity index (χ2n) is 7.14. The van der Waals surface area contributed by atoms with Crippen LogP contribution in [0.4, 0.5) is 4.79 Å². The molecule has 3 aromatic rings. The van der Waals surface area contributed by atoms with Gasteiger partial charge in [0.25, 0.3) is 0 Å². The van der Waals surface area contributed by atoms with E-state index in [4.69, 9.17) is 10.7 Å². The minimum Gasteiger partial charge on any atom is -0.352 e. The predicted molar refractivity (Wildman–Crippen MR) is 106 cm³/mol. The Bertz CT molecular complexity index is 957. The highest BCUT2D eigenvalue weighted by molar-refractivity contribution is 5.83. The fourth-order valence-corrected chi connectivity index (χ4v) is 4.03. The lowest BCUT2D eigenvalue weighted by atomic mass is 9.70. The Kier molecular flexibility index (Phi) is 4.73. The largest absolute Gasteiger partial charge is 0.352 e. The molecule has 3 heterocycles. The van der Waals surface area contributed by atoms with Crippen LogP contribution in [0.15, 0.2) is 60.9 Å². The summed E-state index contributed by atoms with van der Waals surface area (Å²) >= 11 is 0. The van der Waals surface area contributed by atoms with E-state index in [9.17, 15) is 9.59 Å². The highest BCUT2D eigenvalue weighted by Gasteiger charge is 2.40. The molecule has 28 heavy (non-hydrogen) atoms. The number of benzene rings is 1. The lowest BCUT2D eigenvalue weighted by molar-refractivity contribution is -0.131. The van der Waals surface area contributed by atoms with Crippen LogP contribution in [0, 0.1) is 0 Å². The van der Waals surface area contributed by atoms with E-state index < -0.39 is 6.03 Å². The number of hydrogen-bond acceptors (Lipinski definition) is 3. The fraction of sp³-hybridized carbons (Fsp3) is 0.286. The molecule has 3 amide bonds. The number of nitrogens with one attached hydrogen (secondary N) is 1. The molecule has 1 aliphatic heterocycles. The summed E-state index contributed by atoms with van der Waals surface area (Å²) in [6.45, 7) is 1.13. The molecule has 0 atom stereocenters. The third kappa shape index (κ3) is 3.31. The number of nitrogens with zero attached hydrogens (tertiary/aromatic N) is 3. The first-order valence-electron chi connectivity index (χ1n) is 9.39. The summed E-state index contributed by atoms with van der Waals surface area (Å²) in [7, 11) is 0. The standard InChI is InChI=1S/C21H23N5O2/c22-20(28)23-14-19(27)25-12-9-21(10-13-25,16-6-2-1-3-7-16)17-15-26-11-5-4-8-18(26)24-17/h1-8,11,15H,9-10,12-14H2,(H3,22,23,28). The van der Waals surface area contributed by atoms with Gasteiger partial charge in [-0.05, 0) is 30.5 Å². The molecule has 144 valence electrons. The van der Waals surface area contributed by atoms with Crippen LogP contribution in [-0.4, -0.2) is 45.9 Å². The van der Waals surface area contributed by atoms with Gasteiger partial charge < -0.3 is 20.4 Å². The number of imidazole rings is 1. The van der Waals surface area contributed by atoms with E-state index in [1.807, 2.05) is 47.0 Å². The lowest BCUT2D eigenvalue weighted by Gasteiger charge is -2.41. The highest BCUT2D eigenvalue weighted by atomic mass is 16.2. The van der Waals surface area contributed by atoms with E-state index in [0.717, 1.165) is 24.2 Å². The van der Waals surface area contributed by atoms with Crippen LogP contribution in [0.3, 0.4) is 0 Å². The van der Waals surface area contributed by atoms with Gasteiger partial charge in [-0.1, -0.05) is 36.4 Å². The maximum atomic E-state index is 12.4. The molecule has 2 aromatic heterocycles. The molecular formula is C21H23N5O2. The number of primary amides is 1. The summed E-state index contributed by atoms with van der Waals surface area (Å²) in [5, 5.41) is 2.38. The van der Waals surface area contributed by atoms with Gasteiger partial charge in [0.05, 0.1) is 12.2 Å². The molecule has 4 rings (SSSR count). The Balaban J connectivity index is 1.63. The number of rotatable bonds is 4. The van der Waals surface area contributed by atoms with Gasteiger partial charge in [-0.15, -0.1) is 0 Å². The molecule has 1 aromatic carbocycles. The molecule has 0 saturated carbocycles.